The lowest BCUT2D eigenvalue weighted by Crippen LogP contribution is -2.28. The van der Waals surface area contributed by atoms with Gasteiger partial charge in [-0.2, -0.15) is 0 Å². The van der Waals surface area contributed by atoms with Crippen molar-refractivity contribution in [3.63, 3.8) is 0 Å². The van der Waals surface area contributed by atoms with Crippen LogP contribution in [0.4, 0.5) is 0 Å². The van der Waals surface area contributed by atoms with Crippen LogP contribution in [0.1, 0.15) is 50.5 Å². The zero-order valence-electron chi connectivity index (χ0n) is 12.0. The van der Waals surface area contributed by atoms with Gasteiger partial charge < -0.3 is 5.32 Å². The standard InChI is InChI=1S/C17H26IN/c1-19-17(12-9-14-5-3-2-4-6-14)13-15-7-10-16(18)11-8-15/h7-8,10-11,14,17,19H,2-6,9,12-13H2,1H3. The Hall–Kier alpha value is -0.0900. The number of hydrogen-bond acceptors (Lipinski definition) is 1. The molecule has 2 heteroatoms. The maximum absolute atomic E-state index is 3.50. The van der Waals surface area contributed by atoms with Crippen molar-refractivity contribution in [1.29, 1.82) is 0 Å². The lowest BCUT2D eigenvalue weighted by atomic mass is 9.84. The smallest absolute Gasteiger partial charge is 0.0130 e. The molecule has 0 heterocycles. The molecule has 0 amide bonds. The second-order valence-corrected chi connectivity index (χ2v) is 7.14. The minimum Gasteiger partial charge on any atom is -0.317 e. The summed E-state index contributed by atoms with van der Waals surface area (Å²) in [6, 6.07) is 9.61. The summed E-state index contributed by atoms with van der Waals surface area (Å²) in [7, 11) is 2.11. The van der Waals surface area contributed by atoms with E-state index in [1.807, 2.05) is 0 Å². The van der Waals surface area contributed by atoms with Crippen LogP contribution in [0.2, 0.25) is 0 Å². The largest absolute Gasteiger partial charge is 0.317 e. The van der Waals surface area contributed by atoms with Gasteiger partial charge in [0.05, 0.1) is 0 Å². The Bertz CT molecular complexity index is 354. The van der Waals surface area contributed by atoms with E-state index < -0.39 is 0 Å². The monoisotopic (exact) mass is 371 g/mol. The van der Waals surface area contributed by atoms with Crippen molar-refractivity contribution in [2.75, 3.05) is 7.05 Å². The van der Waals surface area contributed by atoms with Crippen LogP contribution in [0.5, 0.6) is 0 Å². The van der Waals surface area contributed by atoms with Crippen molar-refractivity contribution >= 4 is 22.6 Å². The zero-order chi connectivity index (χ0) is 13.5. The molecular weight excluding hydrogens is 345 g/mol. The van der Waals surface area contributed by atoms with Crippen LogP contribution in [0, 0.1) is 9.49 Å². The average Bonchev–Trinajstić information content (AvgIpc) is 2.46. The van der Waals surface area contributed by atoms with Gasteiger partial charge in [0.25, 0.3) is 0 Å². The predicted molar refractivity (Wildman–Crippen MR) is 91.5 cm³/mol. The van der Waals surface area contributed by atoms with E-state index in [0.717, 1.165) is 5.92 Å². The summed E-state index contributed by atoms with van der Waals surface area (Å²) in [6.45, 7) is 0. The SMILES string of the molecule is CNC(CCC1CCCCC1)Cc1ccc(I)cc1. The maximum Gasteiger partial charge on any atom is 0.0130 e. The first-order valence-electron chi connectivity index (χ1n) is 7.69. The Kier molecular flexibility index (Phi) is 6.65. The number of halogens is 1. The number of benzene rings is 1. The molecule has 1 nitrogen and oxygen atoms in total. The van der Waals surface area contributed by atoms with Crippen LogP contribution >= 0.6 is 22.6 Å². The molecule has 1 aromatic rings. The molecule has 0 radical (unpaired) electrons. The highest BCUT2D eigenvalue weighted by atomic mass is 127. The average molecular weight is 371 g/mol. The van der Waals surface area contributed by atoms with Crippen molar-refractivity contribution in [2.24, 2.45) is 5.92 Å². The quantitative estimate of drug-likeness (QED) is 0.710. The van der Waals surface area contributed by atoms with E-state index in [9.17, 15) is 0 Å². The molecule has 1 unspecified atom stereocenters. The molecule has 0 aliphatic heterocycles. The van der Waals surface area contributed by atoms with Gasteiger partial charge in [0.2, 0.25) is 0 Å². The molecule has 1 saturated carbocycles. The highest BCUT2D eigenvalue weighted by Gasteiger charge is 2.15. The molecule has 106 valence electrons. The van der Waals surface area contributed by atoms with E-state index in [1.165, 1.54) is 60.5 Å². The molecule has 1 aliphatic rings. The summed E-state index contributed by atoms with van der Waals surface area (Å²) in [5, 5.41) is 3.50. The van der Waals surface area contributed by atoms with E-state index in [1.54, 1.807) is 0 Å². The Morgan fingerprint density at radius 2 is 1.84 bits per heavy atom. The third-order valence-corrected chi connectivity index (χ3v) is 5.17. The highest BCUT2D eigenvalue weighted by Crippen LogP contribution is 2.28. The van der Waals surface area contributed by atoms with Crippen molar-refractivity contribution in [1.82, 2.24) is 5.32 Å². The Balaban J connectivity index is 1.77. The second kappa shape index (κ2) is 8.25. The summed E-state index contributed by atoms with van der Waals surface area (Å²) in [6.07, 6.45) is 11.2. The van der Waals surface area contributed by atoms with Crippen LogP contribution < -0.4 is 5.32 Å². The first kappa shape index (κ1) is 15.3. The van der Waals surface area contributed by atoms with Gasteiger partial charge in [-0.1, -0.05) is 44.2 Å². The number of nitrogens with one attached hydrogen (secondary N) is 1. The zero-order valence-corrected chi connectivity index (χ0v) is 14.2. The third-order valence-electron chi connectivity index (χ3n) is 4.45. The van der Waals surface area contributed by atoms with Crippen LogP contribution in [-0.2, 0) is 6.42 Å². The summed E-state index contributed by atoms with van der Waals surface area (Å²) < 4.78 is 1.32. The fraction of sp³-hybridized carbons (Fsp3) is 0.647. The summed E-state index contributed by atoms with van der Waals surface area (Å²) in [5.74, 6) is 1.00. The second-order valence-electron chi connectivity index (χ2n) is 5.90. The van der Waals surface area contributed by atoms with Gasteiger partial charge >= 0.3 is 0 Å². The fourth-order valence-corrected chi connectivity index (χ4v) is 3.53. The van der Waals surface area contributed by atoms with Crippen molar-refractivity contribution in [2.45, 2.75) is 57.4 Å². The summed E-state index contributed by atoms with van der Waals surface area (Å²) in [5.41, 5.74) is 1.46. The van der Waals surface area contributed by atoms with E-state index in [0.29, 0.717) is 6.04 Å². The minimum atomic E-state index is 0.641. The molecule has 1 aromatic carbocycles. The van der Waals surface area contributed by atoms with Crippen molar-refractivity contribution < 1.29 is 0 Å². The Labute approximate surface area is 131 Å². The van der Waals surface area contributed by atoms with Crippen molar-refractivity contribution in [3.05, 3.63) is 33.4 Å². The van der Waals surface area contributed by atoms with Gasteiger partial charge in [-0.15, -0.1) is 0 Å². The van der Waals surface area contributed by atoms with Crippen LogP contribution in [-0.4, -0.2) is 13.1 Å². The molecule has 1 N–H and O–H groups in total. The van der Waals surface area contributed by atoms with Crippen LogP contribution in [0.15, 0.2) is 24.3 Å². The Morgan fingerprint density at radius 3 is 2.47 bits per heavy atom. The molecular formula is C17H26IN. The lowest BCUT2D eigenvalue weighted by molar-refractivity contribution is 0.316. The molecule has 1 aliphatic carbocycles. The van der Waals surface area contributed by atoms with E-state index in [2.05, 4.69) is 59.2 Å². The number of rotatable bonds is 6. The van der Waals surface area contributed by atoms with Gasteiger partial charge in [0.15, 0.2) is 0 Å². The molecule has 1 fully saturated rings. The van der Waals surface area contributed by atoms with Gasteiger partial charge in [0, 0.05) is 9.61 Å². The molecule has 0 aromatic heterocycles. The van der Waals surface area contributed by atoms with E-state index >= 15 is 0 Å². The topological polar surface area (TPSA) is 12.0 Å². The number of likely N-dealkylation sites (N-methyl/N-ethyl adjacent to an activating group) is 1. The van der Waals surface area contributed by atoms with E-state index in [-0.39, 0.29) is 0 Å². The fourth-order valence-electron chi connectivity index (χ4n) is 3.17. The Morgan fingerprint density at radius 1 is 1.16 bits per heavy atom. The number of hydrogen-bond donors (Lipinski definition) is 1. The molecule has 0 bridgehead atoms. The summed E-state index contributed by atoms with van der Waals surface area (Å²) >= 11 is 2.37. The first-order chi connectivity index (χ1) is 9.28. The normalized spacial score (nSPS) is 18.4. The maximum atomic E-state index is 3.50. The van der Waals surface area contributed by atoms with Gasteiger partial charge in [-0.25, -0.2) is 0 Å². The highest BCUT2D eigenvalue weighted by molar-refractivity contribution is 14.1. The van der Waals surface area contributed by atoms with Crippen LogP contribution in [0.3, 0.4) is 0 Å². The molecule has 0 saturated heterocycles. The molecule has 19 heavy (non-hydrogen) atoms. The predicted octanol–water partition coefficient (Wildman–Crippen LogP) is 4.78. The van der Waals surface area contributed by atoms with E-state index in [4.69, 9.17) is 0 Å². The van der Waals surface area contributed by atoms with Gasteiger partial charge in [0.1, 0.15) is 0 Å². The third kappa shape index (κ3) is 5.42. The molecule has 1 atom stereocenters. The lowest BCUT2D eigenvalue weighted by Gasteiger charge is -2.24. The molecule has 0 spiro atoms. The summed E-state index contributed by atoms with van der Waals surface area (Å²) in [4.78, 5) is 0. The van der Waals surface area contributed by atoms with Gasteiger partial charge in [-0.05, 0) is 72.5 Å². The first-order valence-corrected chi connectivity index (χ1v) is 8.77. The van der Waals surface area contributed by atoms with Gasteiger partial charge in [-0.3, -0.25) is 0 Å². The van der Waals surface area contributed by atoms with Crippen LogP contribution in [0.25, 0.3) is 0 Å². The van der Waals surface area contributed by atoms with Crippen molar-refractivity contribution in [3.8, 4) is 0 Å². The molecule has 2 rings (SSSR count). The minimum absolute atomic E-state index is 0.641.